The van der Waals surface area contributed by atoms with Gasteiger partial charge in [0.15, 0.2) is 5.96 Å². The maximum Gasteiger partial charge on any atom is 0.191 e. The minimum absolute atomic E-state index is 0.195. The molecular weight excluding hydrogens is 321 g/mol. The standard InChI is InChI=1S/C18H26FN5O/c1-2-21-18(22-6-3-7-24-8-10-25-11-9-24)23-14-16-12-15(13-20)4-5-17(16)19/h4-5,12H,2-3,6-11,14H2,1H3,(H2,21,22,23). The van der Waals surface area contributed by atoms with Crippen LogP contribution in [0.15, 0.2) is 23.2 Å². The van der Waals surface area contributed by atoms with E-state index in [1.54, 1.807) is 6.07 Å². The summed E-state index contributed by atoms with van der Waals surface area (Å²) in [5, 5.41) is 15.3. The first-order valence-corrected chi connectivity index (χ1v) is 8.73. The van der Waals surface area contributed by atoms with Crippen LogP contribution in [0.2, 0.25) is 0 Å². The molecule has 0 amide bonds. The first-order valence-electron chi connectivity index (χ1n) is 8.73. The normalized spacial score (nSPS) is 15.6. The number of hydrogen-bond donors (Lipinski definition) is 2. The van der Waals surface area contributed by atoms with E-state index in [1.165, 1.54) is 12.1 Å². The van der Waals surface area contributed by atoms with E-state index in [-0.39, 0.29) is 12.4 Å². The summed E-state index contributed by atoms with van der Waals surface area (Å²) in [6.07, 6.45) is 1.00. The van der Waals surface area contributed by atoms with Gasteiger partial charge in [0.2, 0.25) is 0 Å². The molecule has 0 saturated carbocycles. The lowest BCUT2D eigenvalue weighted by atomic mass is 10.1. The number of guanidine groups is 1. The predicted molar refractivity (Wildman–Crippen MR) is 95.8 cm³/mol. The summed E-state index contributed by atoms with van der Waals surface area (Å²) >= 11 is 0. The molecule has 25 heavy (non-hydrogen) atoms. The summed E-state index contributed by atoms with van der Waals surface area (Å²) in [5.74, 6) is 0.317. The largest absolute Gasteiger partial charge is 0.379 e. The molecule has 0 unspecified atom stereocenters. The van der Waals surface area contributed by atoms with Gasteiger partial charge in [-0.05, 0) is 38.1 Å². The predicted octanol–water partition coefficient (Wildman–Crippen LogP) is 1.47. The number of nitrogens with zero attached hydrogens (tertiary/aromatic N) is 3. The number of halogens is 1. The number of nitrogens with one attached hydrogen (secondary N) is 2. The summed E-state index contributed by atoms with van der Waals surface area (Å²) in [6, 6.07) is 6.34. The molecule has 0 aliphatic carbocycles. The van der Waals surface area contributed by atoms with Crippen LogP contribution in [0.25, 0.3) is 0 Å². The van der Waals surface area contributed by atoms with Gasteiger partial charge in [0, 0.05) is 31.7 Å². The Labute approximate surface area is 148 Å². The molecule has 0 spiro atoms. The monoisotopic (exact) mass is 347 g/mol. The van der Waals surface area contributed by atoms with Gasteiger partial charge in [-0.1, -0.05) is 0 Å². The van der Waals surface area contributed by atoms with Gasteiger partial charge in [0.05, 0.1) is 31.4 Å². The Bertz CT molecular complexity index is 608. The summed E-state index contributed by atoms with van der Waals surface area (Å²) in [7, 11) is 0. The lowest BCUT2D eigenvalue weighted by molar-refractivity contribution is 0.0376. The van der Waals surface area contributed by atoms with E-state index in [0.717, 1.165) is 52.4 Å². The van der Waals surface area contributed by atoms with Crippen molar-refractivity contribution in [2.75, 3.05) is 45.9 Å². The van der Waals surface area contributed by atoms with Crippen molar-refractivity contribution in [3.05, 3.63) is 35.1 Å². The number of aliphatic imine (C=N–C) groups is 1. The van der Waals surface area contributed by atoms with E-state index < -0.39 is 0 Å². The molecule has 0 aromatic heterocycles. The molecular formula is C18H26FN5O. The number of benzene rings is 1. The SMILES string of the molecule is CCNC(=NCc1cc(C#N)ccc1F)NCCCN1CCOCC1. The Hall–Kier alpha value is -2.17. The first-order chi connectivity index (χ1) is 12.2. The van der Waals surface area contributed by atoms with E-state index >= 15 is 0 Å². The fourth-order valence-corrected chi connectivity index (χ4v) is 2.61. The first kappa shape index (κ1) is 19.2. The zero-order chi connectivity index (χ0) is 17.9. The van der Waals surface area contributed by atoms with Crippen LogP contribution in [-0.4, -0.2) is 56.8 Å². The highest BCUT2D eigenvalue weighted by Gasteiger charge is 2.09. The molecule has 1 aromatic carbocycles. The van der Waals surface area contributed by atoms with Crippen LogP contribution in [0.3, 0.4) is 0 Å². The number of rotatable bonds is 7. The molecule has 2 rings (SSSR count). The van der Waals surface area contributed by atoms with E-state index in [1.807, 2.05) is 13.0 Å². The second-order valence-corrected chi connectivity index (χ2v) is 5.85. The van der Waals surface area contributed by atoms with Crippen molar-refractivity contribution in [1.29, 1.82) is 5.26 Å². The van der Waals surface area contributed by atoms with Crippen LogP contribution in [0.1, 0.15) is 24.5 Å². The molecule has 1 aromatic rings. The van der Waals surface area contributed by atoms with Crippen LogP contribution in [0, 0.1) is 17.1 Å². The third kappa shape index (κ3) is 6.69. The summed E-state index contributed by atoms with van der Waals surface area (Å²) in [5.41, 5.74) is 0.861. The van der Waals surface area contributed by atoms with Gasteiger partial charge >= 0.3 is 0 Å². The molecule has 136 valence electrons. The van der Waals surface area contributed by atoms with Crippen molar-refractivity contribution >= 4 is 5.96 Å². The van der Waals surface area contributed by atoms with Crippen LogP contribution in [0.4, 0.5) is 4.39 Å². The maximum atomic E-state index is 13.8. The van der Waals surface area contributed by atoms with Gasteiger partial charge in [-0.2, -0.15) is 5.26 Å². The third-order valence-electron chi connectivity index (χ3n) is 3.97. The van der Waals surface area contributed by atoms with Crippen LogP contribution in [0.5, 0.6) is 0 Å². The lowest BCUT2D eigenvalue weighted by Gasteiger charge is -2.26. The zero-order valence-electron chi connectivity index (χ0n) is 14.7. The Balaban J connectivity index is 1.82. The van der Waals surface area contributed by atoms with Crippen molar-refractivity contribution in [2.45, 2.75) is 19.9 Å². The van der Waals surface area contributed by atoms with E-state index in [2.05, 4.69) is 20.5 Å². The second kappa shape index (κ2) is 10.6. The topological polar surface area (TPSA) is 72.7 Å². The molecule has 0 bridgehead atoms. The quantitative estimate of drug-likeness (QED) is 0.444. The molecule has 0 atom stereocenters. The molecule has 1 fully saturated rings. The number of morpholine rings is 1. The van der Waals surface area contributed by atoms with Gasteiger partial charge in [-0.3, -0.25) is 4.90 Å². The average Bonchev–Trinajstić information content (AvgIpc) is 2.65. The third-order valence-corrected chi connectivity index (χ3v) is 3.97. The molecule has 0 radical (unpaired) electrons. The molecule has 1 aliphatic rings. The Morgan fingerprint density at radius 1 is 1.36 bits per heavy atom. The summed E-state index contributed by atoms with van der Waals surface area (Å²) < 4.78 is 19.2. The van der Waals surface area contributed by atoms with Crippen molar-refractivity contribution in [3.8, 4) is 6.07 Å². The molecule has 7 heteroatoms. The average molecular weight is 347 g/mol. The van der Waals surface area contributed by atoms with Gasteiger partial charge in [0.1, 0.15) is 5.82 Å². The minimum atomic E-state index is -0.342. The fourth-order valence-electron chi connectivity index (χ4n) is 2.61. The number of ether oxygens (including phenoxy) is 1. The van der Waals surface area contributed by atoms with Crippen LogP contribution in [-0.2, 0) is 11.3 Å². The molecule has 1 heterocycles. The van der Waals surface area contributed by atoms with E-state index in [0.29, 0.717) is 17.1 Å². The van der Waals surface area contributed by atoms with Crippen molar-refractivity contribution in [2.24, 2.45) is 4.99 Å². The van der Waals surface area contributed by atoms with Gasteiger partial charge in [-0.15, -0.1) is 0 Å². The highest BCUT2D eigenvalue weighted by molar-refractivity contribution is 5.79. The maximum absolute atomic E-state index is 13.8. The highest BCUT2D eigenvalue weighted by Crippen LogP contribution is 2.11. The van der Waals surface area contributed by atoms with Gasteiger partial charge in [-0.25, -0.2) is 9.38 Å². The minimum Gasteiger partial charge on any atom is -0.379 e. The summed E-state index contributed by atoms with van der Waals surface area (Å²) in [6.45, 7) is 8.33. The number of nitriles is 1. The van der Waals surface area contributed by atoms with Crippen LogP contribution < -0.4 is 10.6 Å². The Morgan fingerprint density at radius 3 is 2.88 bits per heavy atom. The van der Waals surface area contributed by atoms with Gasteiger partial charge < -0.3 is 15.4 Å². The zero-order valence-corrected chi connectivity index (χ0v) is 14.7. The summed E-state index contributed by atoms with van der Waals surface area (Å²) in [4.78, 5) is 6.80. The lowest BCUT2D eigenvalue weighted by Crippen LogP contribution is -2.40. The molecule has 1 aliphatic heterocycles. The van der Waals surface area contributed by atoms with E-state index in [9.17, 15) is 4.39 Å². The fraction of sp³-hybridized carbons (Fsp3) is 0.556. The second-order valence-electron chi connectivity index (χ2n) is 5.85. The molecule has 6 nitrogen and oxygen atoms in total. The van der Waals surface area contributed by atoms with E-state index in [4.69, 9.17) is 10.00 Å². The van der Waals surface area contributed by atoms with Crippen molar-refractivity contribution in [3.63, 3.8) is 0 Å². The Morgan fingerprint density at radius 2 is 2.16 bits per heavy atom. The van der Waals surface area contributed by atoms with Crippen molar-refractivity contribution in [1.82, 2.24) is 15.5 Å². The molecule has 2 N–H and O–H groups in total. The smallest absolute Gasteiger partial charge is 0.191 e. The van der Waals surface area contributed by atoms with Crippen molar-refractivity contribution < 1.29 is 9.13 Å². The Kier molecular flexibility index (Phi) is 8.16. The van der Waals surface area contributed by atoms with Crippen LogP contribution >= 0.6 is 0 Å². The number of hydrogen-bond acceptors (Lipinski definition) is 4. The van der Waals surface area contributed by atoms with Gasteiger partial charge in [0.25, 0.3) is 0 Å². The molecule has 1 saturated heterocycles. The highest BCUT2D eigenvalue weighted by atomic mass is 19.1.